The van der Waals surface area contributed by atoms with Crippen LogP contribution < -0.4 is 0 Å². The van der Waals surface area contributed by atoms with Crippen LogP contribution in [0.2, 0.25) is 0 Å². The van der Waals surface area contributed by atoms with E-state index in [1.54, 1.807) is 0 Å². The highest BCUT2D eigenvalue weighted by atomic mass is 16.3. The van der Waals surface area contributed by atoms with Gasteiger partial charge in [0.05, 0.1) is 6.10 Å². The molecule has 0 aromatic heterocycles. The maximum Gasteiger partial charge on any atom is 0.0696 e. The van der Waals surface area contributed by atoms with Crippen LogP contribution in [0.4, 0.5) is 0 Å². The van der Waals surface area contributed by atoms with Crippen molar-refractivity contribution in [3.8, 4) is 0 Å². The number of aliphatic hydroxyl groups excluding tert-OH is 1. The smallest absolute Gasteiger partial charge is 0.0696 e. The van der Waals surface area contributed by atoms with Crippen molar-refractivity contribution in [1.29, 1.82) is 0 Å². The molecular formula is C15H29NO. The predicted octanol–water partition coefficient (Wildman–Crippen LogP) is 3.33. The molecule has 0 saturated carbocycles. The van der Waals surface area contributed by atoms with Crippen LogP contribution in [0.25, 0.3) is 0 Å². The van der Waals surface area contributed by atoms with Crippen molar-refractivity contribution in [3.63, 3.8) is 0 Å². The van der Waals surface area contributed by atoms with E-state index in [2.05, 4.69) is 18.7 Å². The van der Waals surface area contributed by atoms with Gasteiger partial charge in [-0.2, -0.15) is 0 Å². The van der Waals surface area contributed by atoms with Gasteiger partial charge in [0.1, 0.15) is 0 Å². The number of hydrogen-bond acceptors (Lipinski definition) is 2. The number of nitrogens with zero attached hydrogens (tertiary/aromatic N) is 1. The molecule has 2 heterocycles. The third kappa shape index (κ3) is 2.85. The molecule has 2 aliphatic rings. The van der Waals surface area contributed by atoms with Crippen molar-refractivity contribution in [2.75, 3.05) is 0 Å². The molecule has 1 N–H and O–H groups in total. The lowest BCUT2D eigenvalue weighted by Crippen LogP contribution is -2.52. The molecule has 0 bridgehead atoms. The van der Waals surface area contributed by atoms with Crippen LogP contribution in [0.3, 0.4) is 0 Å². The van der Waals surface area contributed by atoms with Crippen LogP contribution in [0.15, 0.2) is 0 Å². The minimum Gasteiger partial charge on any atom is -0.391 e. The first-order valence-electron chi connectivity index (χ1n) is 7.73. The summed E-state index contributed by atoms with van der Waals surface area (Å²) in [6.07, 6.45) is 11.4. The molecule has 0 amide bonds. The summed E-state index contributed by atoms with van der Waals surface area (Å²) in [5, 5.41) is 10.2. The van der Waals surface area contributed by atoms with Gasteiger partial charge < -0.3 is 5.11 Å². The van der Waals surface area contributed by atoms with Gasteiger partial charge in [0.2, 0.25) is 0 Å². The molecule has 0 aromatic carbocycles. The Morgan fingerprint density at radius 1 is 0.941 bits per heavy atom. The van der Waals surface area contributed by atoms with Gasteiger partial charge in [-0.15, -0.1) is 0 Å². The highest BCUT2D eigenvalue weighted by molar-refractivity contribution is 4.98. The van der Waals surface area contributed by atoms with Crippen LogP contribution >= 0.6 is 0 Å². The Morgan fingerprint density at radius 3 is 2.35 bits per heavy atom. The van der Waals surface area contributed by atoms with Crippen LogP contribution in [0.5, 0.6) is 0 Å². The van der Waals surface area contributed by atoms with Crippen LogP contribution in [-0.4, -0.2) is 34.2 Å². The maximum absolute atomic E-state index is 10.2. The molecule has 4 atom stereocenters. The molecule has 2 saturated heterocycles. The standard InChI is InChI=1S/C15H29NO/c1-3-5-7-13-8-10-14-15(17)11-9-12(6-4-2)16(13)14/h12-15,17H,3-11H2,1-2H3/t12-,13+,14+,15-/m1/s1. The van der Waals surface area contributed by atoms with E-state index in [-0.39, 0.29) is 6.10 Å². The first-order chi connectivity index (χ1) is 8.27. The number of hydrogen-bond donors (Lipinski definition) is 1. The van der Waals surface area contributed by atoms with E-state index >= 15 is 0 Å². The molecule has 2 heteroatoms. The quantitative estimate of drug-likeness (QED) is 0.795. The fourth-order valence-corrected chi connectivity index (χ4v) is 3.96. The van der Waals surface area contributed by atoms with Crippen molar-refractivity contribution < 1.29 is 5.11 Å². The Hall–Kier alpha value is -0.0800. The number of piperidine rings is 1. The van der Waals surface area contributed by atoms with Crippen LogP contribution in [-0.2, 0) is 0 Å². The van der Waals surface area contributed by atoms with Gasteiger partial charge in [0.15, 0.2) is 0 Å². The second kappa shape index (κ2) is 6.19. The highest BCUT2D eigenvalue weighted by Crippen LogP contribution is 2.38. The van der Waals surface area contributed by atoms with E-state index < -0.39 is 0 Å². The number of fused-ring (bicyclic) bond motifs is 1. The van der Waals surface area contributed by atoms with E-state index in [1.165, 1.54) is 51.4 Å². The predicted molar refractivity (Wildman–Crippen MR) is 72.1 cm³/mol. The summed E-state index contributed by atoms with van der Waals surface area (Å²) in [7, 11) is 0. The first-order valence-corrected chi connectivity index (χ1v) is 7.73. The monoisotopic (exact) mass is 239 g/mol. The van der Waals surface area contributed by atoms with Crippen molar-refractivity contribution in [2.45, 2.75) is 95.9 Å². The molecule has 17 heavy (non-hydrogen) atoms. The molecular weight excluding hydrogens is 210 g/mol. The Labute approximate surface area is 106 Å². The number of aliphatic hydroxyl groups is 1. The summed E-state index contributed by atoms with van der Waals surface area (Å²) in [4.78, 5) is 2.72. The Morgan fingerprint density at radius 2 is 1.65 bits per heavy atom. The van der Waals surface area contributed by atoms with E-state index in [0.717, 1.165) is 18.5 Å². The van der Waals surface area contributed by atoms with Crippen molar-refractivity contribution in [2.24, 2.45) is 0 Å². The lowest BCUT2D eigenvalue weighted by molar-refractivity contribution is -0.0203. The fraction of sp³-hybridized carbons (Fsp3) is 1.00. The Balaban J connectivity index is 2.01. The Kier molecular flexibility index (Phi) is 4.87. The lowest BCUT2D eigenvalue weighted by atomic mass is 9.91. The van der Waals surface area contributed by atoms with Crippen LogP contribution in [0, 0.1) is 0 Å². The molecule has 100 valence electrons. The highest BCUT2D eigenvalue weighted by Gasteiger charge is 2.43. The van der Waals surface area contributed by atoms with Crippen molar-refractivity contribution >= 4 is 0 Å². The average Bonchev–Trinajstić information content (AvgIpc) is 2.75. The zero-order chi connectivity index (χ0) is 12.3. The molecule has 2 aliphatic heterocycles. The molecule has 2 rings (SSSR count). The summed E-state index contributed by atoms with van der Waals surface area (Å²) in [5.74, 6) is 0. The summed E-state index contributed by atoms with van der Waals surface area (Å²) in [6.45, 7) is 4.57. The number of rotatable bonds is 5. The van der Waals surface area contributed by atoms with Crippen LogP contribution in [0.1, 0.15) is 71.6 Å². The van der Waals surface area contributed by atoms with Gasteiger partial charge in [0.25, 0.3) is 0 Å². The third-order valence-corrected chi connectivity index (χ3v) is 4.77. The zero-order valence-corrected chi connectivity index (χ0v) is 11.6. The second-order valence-electron chi connectivity index (χ2n) is 5.98. The topological polar surface area (TPSA) is 23.5 Å². The largest absolute Gasteiger partial charge is 0.391 e. The molecule has 0 unspecified atom stereocenters. The van der Waals surface area contributed by atoms with Gasteiger partial charge in [-0.05, 0) is 38.5 Å². The Bertz CT molecular complexity index is 231. The fourth-order valence-electron chi connectivity index (χ4n) is 3.96. The summed E-state index contributed by atoms with van der Waals surface area (Å²) >= 11 is 0. The molecule has 0 aromatic rings. The average molecular weight is 239 g/mol. The first kappa shape index (κ1) is 13.4. The minimum atomic E-state index is -0.0465. The minimum absolute atomic E-state index is 0.0465. The van der Waals surface area contributed by atoms with Crippen molar-refractivity contribution in [1.82, 2.24) is 4.90 Å². The van der Waals surface area contributed by atoms with Gasteiger partial charge in [-0.25, -0.2) is 0 Å². The van der Waals surface area contributed by atoms with E-state index in [1.807, 2.05) is 0 Å². The molecule has 2 fully saturated rings. The molecule has 0 aliphatic carbocycles. The van der Waals surface area contributed by atoms with E-state index in [4.69, 9.17) is 0 Å². The SMILES string of the molecule is CCCC[C@H]1CC[C@H]2[C@H](O)CC[C@@H](CCC)N12. The van der Waals surface area contributed by atoms with Gasteiger partial charge in [0, 0.05) is 18.1 Å². The summed E-state index contributed by atoms with van der Waals surface area (Å²) in [5.41, 5.74) is 0. The molecule has 0 spiro atoms. The van der Waals surface area contributed by atoms with Gasteiger partial charge >= 0.3 is 0 Å². The second-order valence-corrected chi connectivity index (χ2v) is 5.98. The van der Waals surface area contributed by atoms with E-state index in [0.29, 0.717) is 6.04 Å². The summed E-state index contributed by atoms with van der Waals surface area (Å²) < 4.78 is 0. The normalized spacial score (nSPS) is 38.3. The maximum atomic E-state index is 10.2. The molecule has 2 nitrogen and oxygen atoms in total. The summed E-state index contributed by atoms with van der Waals surface area (Å²) in [6, 6.07) is 2.02. The lowest BCUT2D eigenvalue weighted by Gasteiger charge is -2.44. The van der Waals surface area contributed by atoms with Gasteiger partial charge in [-0.3, -0.25) is 4.90 Å². The zero-order valence-electron chi connectivity index (χ0n) is 11.6. The van der Waals surface area contributed by atoms with Crippen molar-refractivity contribution in [3.05, 3.63) is 0 Å². The van der Waals surface area contributed by atoms with Gasteiger partial charge in [-0.1, -0.05) is 33.1 Å². The van der Waals surface area contributed by atoms with E-state index in [9.17, 15) is 5.11 Å². The number of unbranched alkanes of at least 4 members (excludes halogenated alkanes) is 1. The third-order valence-electron chi connectivity index (χ3n) is 4.77. The molecule has 0 radical (unpaired) electrons.